The Balaban J connectivity index is 1.39. The molecular weight excluding hydrogens is 562 g/mol. The summed E-state index contributed by atoms with van der Waals surface area (Å²) in [5.74, 6) is 0.0931. The minimum absolute atomic E-state index is 0.0931. The molecule has 2 aromatic carbocycles. The third kappa shape index (κ3) is 5.97. The number of rotatable bonds is 11. The van der Waals surface area contributed by atoms with Gasteiger partial charge in [0.25, 0.3) is 16.4 Å². The van der Waals surface area contributed by atoms with Crippen molar-refractivity contribution >= 4 is 32.8 Å². The second-order valence-corrected chi connectivity index (χ2v) is 12.2. The summed E-state index contributed by atoms with van der Waals surface area (Å²) in [4.78, 5) is 21.4. The zero-order valence-corrected chi connectivity index (χ0v) is 24.5. The van der Waals surface area contributed by atoms with Crippen molar-refractivity contribution in [3.63, 3.8) is 0 Å². The largest absolute Gasteiger partial charge is 0.493 e. The van der Waals surface area contributed by atoms with Gasteiger partial charge in [-0.25, -0.2) is 30.9 Å². The van der Waals surface area contributed by atoms with E-state index in [1.54, 1.807) is 46.2 Å². The average molecular weight is 597 g/mol. The highest BCUT2D eigenvalue weighted by molar-refractivity contribution is 7.90. The molecule has 0 atom stereocenters. The summed E-state index contributed by atoms with van der Waals surface area (Å²) < 4.78 is 60.9. The van der Waals surface area contributed by atoms with E-state index >= 15 is 0 Å². The van der Waals surface area contributed by atoms with Crippen LogP contribution in [-0.2, 0) is 16.6 Å². The first-order chi connectivity index (χ1) is 20.2. The second-order valence-electron chi connectivity index (χ2n) is 10.4. The van der Waals surface area contributed by atoms with E-state index in [1.165, 1.54) is 30.6 Å². The summed E-state index contributed by atoms with van der Waals surface area (Å²) in [5, 5.41) is 0.627. The van der Waals surface area contributed by atoms with E-state index in [4.69, 9.17) is 4.74 Å². The number of ether oxygens (including phenoxy) is 1. The van der Waals surface area contributed by atoms with Gasteiger partial charge in [0.05, 0.1) is 17.1 Å². The number of fused-ring (bicyclic) bond motifs is 1. The van der Waals surface area contributed by atoms with Crippen LogP contribution in [0, 0.1) is 6.92 Å². The molecule has 0 saturated carbocycles. The van der Waals surface area contributed by atoms with Gasteiger partial charge < -0.3 is 9.64 Å². The molecule has 42 heavy (non-hydrogen) atoms. The van der Waals surface area contributed by atoms with E-state index in [2.05, 4.69) is 11.9 Å². The van der Waals surface area contributed by atoms with Crippen molar-refractivity contribution < 1.29 is 26.7 Å². The molecule has 2 aromatic heterocycles. The molecule has 0 bridgehead atoms. The van der Waals surface area contributed by atoms with Gasteiger partial charge in [0, 0.05) is 49.2 Å². The van der Waals surface area contributed by atoms with E-state index < -0.39 is 16.4 Å². The predicted octanol–water partition coefficient (Wildman–Crippen LogP) is 6.92. The third-order valence-electron chi connectivity index (χ3n) is 7.44. The van der Waals surface area contributed by atoms with Crippen molar-refractivity contribution in [2.24, 2.45) is 0 Å². The lowest BCUT2D eigenvalue weighted by atomic mass is 10.1. The lowest BCUT2D eigenvalue weighted by Crippen LogP contribution is -2.49. The molecule has 5 rings (SSSR count). The van der Waals surface area contributed by atoms with Gasteiger partial charge in [-0.05, 0) is 61.7 Å². The molecule has 1 aliphatic heterocycles. The van der Waals surface area contributed by atoms with Crippen LogP contribution in [0.25, 0.3) is 11.0 Å². The molecule has 4 aromatic rings. The fraction of sp³-hybridized carbons (Fsp3) is 0.355. The van der Waals surface area contributed by atoms with E-state index in [0.717, 1.165) is 34.4 Å². The van der Waals surface area contributed by atoms with Gasteiger partial charge in [0.2, 0.25) is 0 Å². The smallest absolute Gasteiger partial charge is 0.324 e. The van der Waals surface area contributed by atoms with E-state index in [1.807, 2.05) is 6.92 Å². The summed E-state index contributed by atoms with van der Waals surface area (Å²) in [6, 6.07) is 14.2. The van der Waals surface area contributed by atoms with E-state index in [9.17, 15) is 22.0 Å². The Morgan fingerprint density at radius 1 is 1.02 bits per heavy atom. The summed E-state index contributed by atoms with van der Waals surface area (Å²) in [6.07, 6.45) is 3.68. The maximum absolute atomic E-state index is 13.7. The molecule has 0 unspecified atom stereocenters. The Hall–Kier alpha value is -3.99. The minimum atomic E-state index is -3.87. The Kier molecular flexibility index (Phi) is 8.77. The number of carbonyl (C=O) groups is 1. The number of alkyl halides is 2. The van der Waals surface area contributed by atoms with E-state index in [-0.39, 0.29) is 34.4 Å². The van der Waals surface area contributed by atoms with Gasteiger partial charge >= 0.3 is 6.03 Å². The highest BCUT2D eigenvalue weighted by Crippen LogP contribution is 2.34. The van der Waals surface area contributed by atoms with Crippen LogP contribution in [0.5, 0.6) is 5.75 Å². The molecule has 0 N–H and O–H groups in total. The molecule has 11 heteroatoms. The van der Waals surface area contributed by atoms with Crippen LogP contribution in [0.1, 0.15) is 55.7 Å². The molecule has 3 heterocycles. The SMILES string of the molecule is CCCCCOc1cc(N2CCCN(Cc3ccnc4c3ccn4S(=O)(=O)c3ccc(C)cc3)C2=O)ccc1C(F)F. The zero-order chi connectivity index (χ0) is 29.9. The van der Waals surface area contributed by atoms with Gasteiger partial charge in [-0.3, -0.25) is 4.90 Å². The van der Waals surface area contributed by atoms with Crippen molar-refractivity contribution in [2.45, 2.75) is 57.4 Å². The number of anilines is 1. The topological polar surface area (TPSA) is 84.7 Å². The maximum atomic E-state index is 13.7. The van der Waals surface area contributed by atoms with Crippen molar-refractivity contribution in [2.75, 3.05) is 24.6 Å². The molecule has 0 radical (unpaired) electrons. The minimum Gasteiger partial charge on any atom is -0.493 e. The number of pyridine rings is 1. The fourth-order valence-electron chi connectivity index (χ4n) is 5.13. The Morgan fingerprint density at radius 3 is 2.55 bits per heavy atom. The quantitative estimate of drug-likeness (QED) is 0.176. The molecule has 222 valence electrons. The number of halogens is 2. The predicted molar refractivity (Wildman–Crippen MR) is 158 cm³/mol. The number of aryl methyl sites for hydroxylation is 1. The molecule has 0 aliphatic carbocycles. The van der Waals surface area contributed by atoms with Crippen LogP contribution in [0.3, 0.4) is 0 Å². The zero-order valence-electron chi connectivity index (χ0n) is 23.7. The normalized spacial score (nSPS) is 14.3. The first-order valence-electron chi connectivity index (χ1n) is 14.1. The van der Waals surface area contributed by atoms with Crippen LogP contribution in [0.2, 0.25) is 0 Å². The number of unbranched alkanes of at least 4 members (excludes halogenated alkanes) is 2. The Bertz CT molecular complexity index is 1670. The van der Waals surface area contributed by atoms with Crippen LogP contribution in [0.4, 0.5) is 19.3 Å². The molecule has 1 aliphatic rings. The number of nitrogens with zero attached hydrogens (tertiary/aromatic N) is 4. The number of urea groups is 1. The van der Waals surface area contributed by atoms with Gasteiger partial charge in [-0.15, -0.1) is 0 Å². The summed E-state index contributed by atoms with van der Waals surface area (Å²) in [5.41, 5.74) is 2.28. The number of carbonyl (C=O) groups excluding carboxylic acids is 1. The highest BCUT2D eigenvalue weighted by Gasteiger charge is 2.29. The summed E-state index contributed by atoms with van der Waals surface area (Å²) in [7, 11) is -3.87. The highest BCUT2D eigenvalue weighted by atomic mass is 32.2. The maximum Gasteiger partial charge on any atom is 0.324 e. The number of hydrogen-bond donors (Lipinski definition) is 0. The molecule has 2 amide bonds. The van der Waals surface area contributed by atoms with Crippen molar-refractivity contribution in [3.05, 3.63) is 83.7 Å². The van der Waals surface area contributed by atoms with Crippen molar-refractivity contribution in [1.82, 2.24) is 13.9 Å². The van der Waals surface area contributed by atoms with Crippen molar-refractivity contribution in [1.29, 1.82) is 0 Å². The molecule has 0 spiro atoms. The Labute approximate surface area is 244 Å². The summed E-state index contributed by atoms with van der Waals surface area (Å²) in [6.45, 7) is 5.44. The van der Waals surface area contributed by atoms with Crippen LogP contribution in [0.15, 0.2) is 71.9 Å². The standard InChI is InChI=1S/C31H34F2N4O4S/c1-3-4-5-19-41-28-20-24(9-12-27(28)29(32)33)36-17-6-16-35(31(36)38)21-23-13-15-34-30-26(23)14-18-37(30)42(39,40)25-10-7-22(2)8-11-25/h7-15,18,20,29H,3-6,16-17,19,21H2,1-2H3. The number of benzene rings is 2. The Morgan fingerprint density at radius 2 is 1.81 bits per heavy atom. The number of amides is 2. The van der Waals surface area contributed by atoms with Crippen LogP contribution >= 0.6 is 0 Å². The lowest BCUT2D eigenvalue weighted by Gasteiger charge is -2.36. The van der Waals surface area contributed by atoms with Gasteiger partial charge in [-0.2, -0.15) is 0 Å². The first-order valence-corrected chi connectivity index (χ1v) is 15.5. The van der Waals surface area contributed by atoms with Crippen molar-refractivity contribution in [3.8, 4) is 5.75 Å². The first kappa shape index (κ1) is 29.5. The average Bonchev–Trinajstić information content (AvgIpc) is 3.43. The molecular formula is C31H34F2N4O4S. The lowest BCUT2D eigenvalue weighted by molar-refractivity contribution is 0.145. The molecule has 1 fully saturated rings. The van der Waals surface area contributed by atoms with Gasteiger partial charge in [-0.1, -0.05) is 37.5 Å². The van der Waals surface area contributed by atoms with Crippen LogP contribution in [-0.4, -0.2) is 48.0 Å². The third-order valence-corrected chi connectivity index (χ3v) is 9.12. The second kappa shape index (κ2) is 12.5. The monoisotopic (exact) mass is 596 g/mol. The summed E-state index contributed by atoms with van der Waals surface area (Å²) >= 11 is 0. The van der Waals surface area contributed by atoms with Gasteiger partial charge in [0.1, 0.15) is 5.75 Å². The van der Waals surface area contributed by atoms with Gasteiger partial charge in [0.15, 0.2) is 5.65 Å². The van der Waals surface area contributed by atoms with E-state index in [0.29, 0.717) is 37.2 Å². The van der Waals surface area contributed by atoms with Crippen LogP contribution < -0.4 is 9.64 Å². The molecule has 8 nitrogen and oxygen atoms in total. The fourth-order valence-corrected chi connectivity index (χ4v) is 6.43. The molecule has 1 saturated heterocycles. The number of aromatic nitrogens is 2. The number of hydrogen-bond acceptors (Lipinski definition) is 5.